The number of carbonyl (C=O) groups excluding carboxylic acids is 1. The van der Waals surface area contributed by atoms with E-state index < -0.39 is 6.17 Å². The minimum atomic E-state index is -0.548. The number of para-hydroxylation sites is 2. The van der Waals surface area contributed by atoms with Crippen molar-refractivity contribution in [3.05, 3.63) is 58.6 Å². The van der Waals surface area contributed by atoms with E-state index in [0.717, 1.165) is 16.1 Å². The molecule has 1 atom stereocenters. The molecule has 0 bridgehead atoms. The number of carbonyl (C=O) groups is 1. The van der Waals surface area contributed by atoms with Gasteiger partial charge in [-0.15, -0.1) is 5.10 Å². The smallest absolute Gasteiger partial charge is 0.276 e. The average Bonchev–Trinajstić information content (AvgIpc) is 2.72. The fourth-order valence-corrected chi connectivity index (χ4v) is 3.71. The Hall–Kier alpha value is -3.00. The highest BCUT2D eigenvalue weighted by Gasteiger charge is 2.35. The van der Waals surface area contributed by atoms with E-state index in [0.29, 0.717) is 29.0 Å². The lowest BCUT2D eigenvalue weighted by atomic mass is 10.1. The maximum atomic E-state index is 12.9. The van der Waals surface area contributed by atoms with Gasteiger partial charge in [-0.3, -0.25) is 15.1 Å². The molecule has 1 amide bonds. The number of nitrogens with zero attached hydrogens (tertiary/aromatic N) is 3. The minimum Gasteiger partial charge on any atom is -0.492 e. The van der Waals surface area contributed by atoms with Crippen molar-refractivity contribution in [2.24, 2.45) is 10.1 Å². The molecule has 0 aromatic heterocycles. The Morgan fingerprint density at radius 3 is 2.79 bits per heavy atom. The first-order chi connectivity index (χ1) is 13.7. The Morgan fingerprint density at radius 2 is 2.04 bits per heavy atom. The number of benzene rings is 2. The number of fused-ring (bicyclic) bond motifs is 2. The van der Waals surface area contributed by atoms with Crippen molar-refractivity contribution < 1.29 is 14.3 Å². The minimum absolute atomic E-state index is 0.202. The third-order valence-corrected chi connectivity index (χ3v) is 5.07. The number of hydrogen-bond donors (Lipinski definition) is 1. The van der Waals surface area contributed by atoms with E-state index in [9.17, 15) is 4.79 Å². The SMILES string of the molecule is CCOc1cccc(C2N=c3ccccc3=C3C(=O)NC(SC)=NN32)c1OC. The Kier molecular flexibility index (Phi) is 4.95. The fourth-order valence-electron chi connectivity index (χ4n) is 3.35. The number of methoxy groups -OCH3 is 1. The van der Waals surface area contributed by atoms with E-state index in [1.165, 1.54) is 11.8 Å². The molecule has 2 aromatic carbocycles. The summed E-state index contributed by atoms with van der Waals surface area (Å²) in [6, 6.07) is 13.2. The van der Waals surface area contributed by atoms with Crippen LogP contribution in [-0.2, 0) is 4.79 Å². The molecule has 0 spiro atoms. The molecule has 4 rings (SSSR count). The van der Waals surface area contributed by atoms with Crippen LogP contribution < -0.4 is 25.4 Å². The van der Waals surface area contributed by atoms with Crippen LogP contribution in [0.1, 0.15) is 18.7 Å². The molecule has 2 heterocycles. The molecule has 0 aliphatic carbocycles. The second-order valence-electron chi connectivity index (χ2n) is 6.09. The predicted octanol–water partition coefficient (Wildman–Crippen LogP) is 1.60. The summed E-state index contributed by atoms with van der Waals surface area (Å²) in [5.41, 5.74) is 1.25. The molecule has 144 valence electrons. The van der Waals surface area contributed by atoms with Gasteiger partial charge < -0.3 is 9.47 Å². The van der Waals surface area contributed by atoms with E-state index >= 15 is 0 Å². The zero-order valence-electron chi connectivity index (χ0n) is 15.8. The Balaban J connectivity index is 1.97. The maximum Gasteiger partial charge on any atom is 0.276 e. The zero-order valence-corrected chi connectivity index (χ0v) is 16.6. The van der Waals surface area contributed by atoms with Gasteiger partial charge in [-0.2, -0.15) is 0 Å². The van der Waals surface area contributed by atoms with Gasteiger partial charge in [0, 0.05) is 10.8 Å². The van der Waals surface area contributed by atoms with Crippen LogP contribution in [0.2, 0.25) is 0 Å². The van der Waals surface area contributed by atoms with Crippen molar-refractivity contribution in [1.29, 1.82) is 0 Å². The quantitative estimate of drug-likeness (QED) is 0.850. The molecule has 28 heavy (non-hydrogen) atoms. The Labute approximate surface area is 166 Å². The van der Waals surface area contributed by atoms with Gasteiger partial charge in [0.15, 0.2) is 22.8 Å². The number of ether oxygens (including phenoxy) is 2. The lowest BCUT2D eigenvalue weighted by molar-refractivity contribution is -0.116. The van der Waals surface area contributed by atoms with Gasteiger partial charge in [-0.25, -0.2) is 5.01 Å². The summed E-state index contributed by atoms with van der Waals surface area (Å²) in [6.07, 6.45) is 1.32. The monoisotopic (exact) mass is 396 g/mol. The normalized spacial score (nSPS) is 17.8. The summed E-state index contributed by atoms with van der Waals surface area (Å²) in [4.78, 5) is 17.8. The Morgan fingerprint density at radius 1 is 1.21 bits per heavy atom. The van der Waals surface area contributed by atoms with E-state index in [1.807, 2.05) is 55.6 Å². The lowest BCUT2D eigenvalue weighted by Crippen LogP contribution is -2.50. The molecule has 0 fully saturated rings. The number of nitrogens with one attached hydrogen (secondary N) is 1. The number of amides is 1. The molecule has 0 saturated heterocycles. The third-order valence-electron chi connectivity index (χ3n) is 4.50. The first kappa shape index (κ1) is 18.4. The van der Waals surface area contributed by atoms with Gasteiger partial charge in [-0.05, 0) is 25.3 Å². The van der Waals surface area contributed by atoms with Gasteiger partial charge in [0.2, 0.25) is 0 Å². The van der Waals surface area contributed by atoms with Crippen molar-refractivity contribution in [3.8, 4) is 11.5 Å². The Bertz CT molecular complexity index is 1080. The maximum absolute atomic E-state index is 12.9. The number of hydrazone groups is 1. The largest absolute Gasteiger partial charge is 0.492 e. The number of amidine groups is 1. The lowest BCUT2D eigenvalue weighted by Gasteiger charge is -2.34. The summed E-state index contributed by atoms with van der Waals surface area (Å²) < 4.78 is 11.4. The van der Waals surface area contributed by atoms with Crippen LogP contribution in [0.25, 0.3) is 5.70 Å². The second-order valence-corrected chi connectivity index (χ2v) is 6.88. The summed E-state index contributed by atoms with van der Waals surface area (Å²) in [5, 5.41) is 11.1. The topological polar surface area (TPSA) is 75.5 Å². The van der Waals surface area contributed by atoms with Crippen molar-refractivity contribution in [2.75, 3.05) is 20.0 Å². The second kappa shape index (κ2) is 7.55. The van der Waals surface area contributed by atoms with Crippen LogP contribution in [0, 0.1) is 0 Å². The van der Waals surface area contributed by atoms with Crippen LogP contribution in [0.15, 0.2) is 52.6 Å². The van der Waals surface area contributed by atoms with Crippen LogP contribution >= 0.6 is 11.8 Å². The fraction of sp³-hybridized carbons (Fsp3) is 0.250. The van der Waals surface area contributed by atoms with Gasteiger partial charge in [0.05, 0.1) is 19.1 Å². The van der Waals surface area contributed by atoms with Gasteiger partial charge in [0.25, 0.3) is 5.91 Å². The van der Waals surface area contributed by atoms with Crippen LogP contribution in [0.3, 0.4) is 0 Å². The highest BCUT2D eigenvalue weighted by Crippen LogP contribution is 2.40. The summed E-state index contributed by atoms with van der Waals surface area (Å²) >= 11 is 1.37. The van der Waals surface area contributed by atoms with Crippen molar-refractivity contribution in [2.45, 2.75) is 13.1 Å². The van der Waals surface area contributed by atoms with E-state index in [4.69, 9.17) is 14.5 Å². The molecule has 2 aromatic rings. The van der Waals surface area contributed by atoms with Gasteiger partial charge in [-0.1, -0.05) is 42.1 Å². The van der Waals surface area contributed by atoms with Crippen molar-refractivity contribution >= 4 is 28.5 Å². The predicted molar refractivity (Wildman–Crippen MR) is 108 cm³/mol. The molecule has 1 N–H and O–H groups in total. The molecule has 8 heteroatoms. The third kappa shape index (κ3) is 2.99. The van der Waals surface area contributed by atoms with Crippen LogP contribution in [-0.4, -0.2) is 36.1 Å². The zero-order chi connectivity index (χ0) is 19.7. The standard InChI is InChI=1S/C20H20N4O3S/c1-4-27-15-11-7-9-13(17(15)26-2)18-21-14-10-6-5-8-12(14)16-19(25)22-20(28-3)23-24(16)18/h5-11,18H,4H2,1-3H3,(H,22,23,25). The highest BCUT2D eigenvalue weighted by atomic mass is 32.2. The van der Waals surface area contributed by atoms with Crippen LogP contribution in [0.5, 0.6) is 11.5 Å². The molecule has 2 aliphatic heterocycles. The number of hydrogen-bond acceptors (Lipinski definition) is 7. The average molecular weight is 396 g/mol. The molecule has 1 unspecified atom stereocenters. The van der Waals surface area contributed by atoms with Crippen molar-refractivity contribution in [1.82, 2.24) is 10.3 Å². The molecule has 7 nitrogen and oxygen atoms in total. The van der Waals surface area contributed by atoms with E-state index in [2.05, 4.69) is 10.4 Å². The molecule has 0 saturated carbocycles. The summed E-state index contributed by atoms with van der Waals surface area (Å²) in [6.45, 7) is 2.44. The van der Waals surface area contributed by atoms with E-state index in [1.54, 1.807) is 12.1 Å². The first-order valence-corrected chi connectivity index (χ1v) is 10.1. The highest BCUT2D eigenvalue weighted by molar-refractivity contribution is 8.13. The molecule has 2 aliphatic rings. The molecular formula is C20H20N4O3S. The molecule has 0 radical (unpaired) electrons. The van der Waals surface area contributed by atoms with Crippen molar-refractivity contribution in [3.63, 3.8) is 0 Å². The van der Waals surface area contributed by atoms with Gasteiger partial charge in [0.1, 0.15) is 5.70 Å². The summed E-state index contributed by atoms with van der Waals surface area (Å²) in [5.74, 6) is 1.02. The summed E-state index contributed by atoms with van der Waals surface area (Å²) in [7, 11) is 1.60. The first-order valence-electron chi connectivity index (χ1n) is 8.88. The number of rotatable bonds is 4. The van der Waals surface area contributed by atoms with Crippen LogP contribution in [0.4, 0.5) is 0 Å². The number of thioether (sulfide) groups is 1. The van der Waals surface area contributed by atoms with E-state index in [-0.39, 0.29) is 5.91 Å². The molecular weight excluding hydrogens is 376 g/mol. The van der Waals surface area contributed by atoms with Gasteiger partial charge >= 0.3 is 0 Å².